The molecule has 0 radical (unpaired) electrons. The Morgan fingerprint density at radius 2 is 1.65 bits per heavy atom. The second-order valence-corrected chi connectivity index (χ2v) is 12.9. The van der Waals surface area contributed by atoms with Crippen LogP contribution in [-0.4, -0.2) is 22.5 Å². The minimum atomic E-state index is -0.320. The van der Waals surface area contributed by atoms with Crippen LogP contribution >= 0.6 is 63.7 Å². The van der Waals surface area contributed by atoms with Crippen molar-refractivity contribution in [1.82, 2.24) is 9.66 Å². The minimum absolute atomic E-state index is 0.286. The monoisotopic (exact) mass is 827 g/mol. The summed E-state index contributed by atoms with van der Waals surface area (Å²) < 4.78 is 23.0. The van der Waals surface area contributed by atoms with Gasteiger partial charge >= 0.3 is 0 Å². The second-order valence-electron chi connectivity index (χ2n) is 9.38. The molecule has 0 aliphatic rings. The Kier molecular flexibility index (Phi) is 8.85. The van der Waals surface area contributed by atoms with Gasteiger partial charge in [0.25, 0.3) is 5.56 Å². The van der Waals surface area contributed by atoms with Gasteiger partial charge in [0.1, 0.15) is 12.2 Å². The van der Waals surface area contributed by atoms with Crippen molar-refractivity contribution in [3.63, 3.8) is 0 Å². The maximum Gasteiger partial charge on any atom is 0.282 e. The zero-order valence-corrected chi connectivity index (χ0v) is 28.8. The Morgan fingerprint density at radius 1 is 0.884 bits per heavy atom. The van der Waals surface area contributed by atoms with Crippen molar-refractivity contribution in [2.45, 2.75) is 13.5 Å². The van der Waals surface area contributed by atoms with Crippen LogP contribution in [0.1, 0.15) is 18.1 Å². The molecule has 0 bridgehead atoms. The average Bonchev–Trinajstić information content (AvgIpc) is 3.41. The van der Waals surface area contributed by atoms with Crippen LogP contribution in [0, 0.1) is 0 Å². The van der Waals surface area contributed by atoms with Gasteiger partial charge in [-0.2, -0.15) is 9.78 Å². The Bertz CT molecular complexity index is 2090. The number of aromatic nitrogens is 2. The van der Waals surface area contributed by atoms with E-state index in [0.717, 1.165) is 24.4 Å². The molecule has 0 aliphatic carbocycles. The zero-order chi connectivity index (χ0) is 30.1. The average molecular weight is 831 g/mol. The van der Waals surface area contributed by atoms with Gasteiger partial charge in [-0.3, -0.25) is 4.79 Å². The van der Waals surface area contributed by atoms with Gasteiger partial charge in [0, 0.05) is 34.4 Å². The van der Waals surface area contributed by atoms with Gasteiger partial charge in [0.2, 0.25) is 5.82 Å². The van der Waals surface area contributed by atoms with Gasteiger partial charge in [-0.1, -0.05) is 66.0 Å². The first-order chi connectivity index (χ1) is 20.8. The largest absolute Gasteiger partial charge is 0.490 e. The quantitative estimate of drug-likeness (QED) is 0.143. The topological polar surface area (TPSA) is 78.9 Å². The van der Waals surface area contributed by atoms with Crippen LogP contribution in [-0.2, 0) is 6.61 Å². The zero-order valence-electron chi connectivity index (χ0n) is 22.5. The fraction of sp³-hybridized carbons (Fsp3) is 0.0938. The number of halogens is 4. The van der Waals surface area contributed by atoms with E-state index in [0.29, 0.717) is 57.0 Å². The highest BCUT2D eigenvalue weighted by atomic mass is 79.9. The standard InChI is InChI=1S/C32H21Br4N3O4/c1-2-41-28-13-20(25(36)15-29(28)42-17-18-7-8-22(34)14-24(18)35)16-37-39-31(38-26-6-4-3-5-23(26)32(39)40)30-12-19-11-21(33)9-10-27(19)43-30/h3-16H,2,17H2,1H3. The van der Waals surface area contributed by atoms with Crippen LogP contribution in [0.3, 0.4) is 0 Å². The van der Waals surface area contributed by atoms with Gasteiger partial charge in [0.05, 0.1) is 23.7 Å². The first-order valence-electron chi connectivity index (χ1n) is 13.1. The summed E-state index contributed by atoms with van der Waals surface area (Å²) in [5, 5.41) is 5.92. The van der Waals surface area contributed by atoms with E-state index in [1.807, 2.05) is 67.6 Å². The number of hydrogen-bond acceptors (Lipinski definition) is 6. The molecule has 7 nitrogen and oxygen atoms in total. The molecule has 0 amide bonds. The molecule has 0 fully saturated rings. The lowest BCUT2D eigenvalue weighted by molar-refractivity contribution is 0.268. The van der Waals surface area contributed by atoms with Crippen molar-refractivity contribution in [3.8, 4) is 23.1 Å². The maximum absolute atomic E-state index is 13.7. The van der Waals surface area contributed by atoms with Crippen LogP contribution in [0.4, 0.5) is 0 Å². The third-order valence-electron chi connectivity index (χ3n) is 6.53. The Labute approximate surface area is 280 Å². The number of furan rings is 1. The number of rotatable bonds is 8. The molecule has 6 rings (SSSR count). The molecule has 11 heteroatoms. The predicted molar refractivity (Wildman–Crippen MR) is 183 cm³/mol. The molecule has 0 aliphatic heterocycles. The highest BCUT2D eigenvalue weighted by Crippen LogP contribution is 2.35. The molecule has 4 aromatic carbocycles. The van der Waals surface area contributed by atoms with Crippen LogP contribution < -0.4 is 15.0 Å². The molecule has 0 unspecified atom stereocenters. The predicted octanol–water partition coefficient (Wildman–Crippen LogP) is 9.72. The SMILES string of the molecule is CCOc1cc(C=Nn2c(-c3cc4cc(Br)ccc4o3)nc3ccccc3c2=O)c(Br)cc1OCc1ccc(Br)cc1Br. The van der Waals surface area contributed by atoms with Crippen molar-refractivity contribution in [3.05, 3.63) is 118 Å². The fourth-order valence-corrected chi connectivity index (χ4v) is 6.42. The molecule has 0 saturated carbocycles. The van der Waals surface area contributed by atoms with E-state index in [1.165, 1.54) is 4.68 Å². The van der Waals surface area contributed by atoms with Crippen molar-refractivity contribution in [1.29, 1.82) is 0 Å². The number of benzene rings is 4. The van der Waals surface area contributed by atoms with E-state index >= 15 is 0 Å². The summed E-state index contributed by atoms with van der Waals surface area (Å²) in [5.41, 5.74) is 2.57. The van der Waals surface area contributed by atoms with Crippen molar-refractivity contribution in [2.75, 3.05) is 6.61 Å². The minimum Gasteiger partial charge on any atom is -0.490 e. The molecule has 216 valence electrons. The maximum atomic E-state index is 13.7. The van der Waals surface area contributed by atoms with E-state index in [4.69, 9.17) is 18.9 Å². The molecular formula is C32H21Br4N3O4. The smallest absolute Gasteiger partial charge is 0.282 e. The molecule has 43 heavy (non-hydrogen) atoms. The van der Waals surface area contributed by atoms with Gasteiger partial charge in [0.15, 0.2) is 17.3 Å². The van der Waals surface area contributed by atoms with Crippen molar-refractivity contribution < 1.29 is 13.9 Å². The van der Waals surface area contributed by atoms with Crippen LogP contribution in [0.5, 0.6) is 11.5 Å². The van der Waals surface area contributed by atoms with Crippen molar-refractivity contribution >= 4 is 91.8 Å². The highest BCUT2D eigenvalue weighted by molar-refractivity contribution is 9.11. The van der Waals surface area contributed by atoms with E-state index < -0.39 is 0 Å². The van der Waals surface area contributed by atoms with Gasteiger partial charge < -0.3 is 13.9 Å². The summed E-state index contributed by atoms with van der Waals surface area (Å²) in [6.07, 6.45) is 1.59. The third-order valence-corrected chi connectivity index (χ3v) is 8.94. The van der Waals surface area contributed by atoms with E-state index in [1.54, 1.807) is 24.4 Å². The number of fused-ring (bicyclic) bond motifs is 2. The normalized spacial score (nSPS) is 11.6. The summed E-state index contributed by atoms with van der Waals surface area (Å²) >= 11 is 14.2. The summed E-state index contributed by atoms with van der Waals surface area (Å²) in [6, 6.07) is 24.3. The highest BCUT2D eigenvalue weighted by Gasteiger charge is 2.17. The number of hydrogen-bond donors (Lipinski definition) is 0. The molecule has 0 saturated heterocycles. The number of nitrogens with zero attached hydrogens (tertiary/aromatic N) is 3. The Morgan fingerprint density at radius 3 is 2.47 bits per heavy atom. The van der Waals surface area contributed by atoms with E-state index in [-0.39, 0.29) is 11.4 Å². The lowest BCUT2D eigenvalue weighted by Crippen LogP contribution is -2.20. The van der Waals surface area contributed by atoms with Gasteiger partial charge in [-0.25, -0.2) is 4.98 Å². The molecule has 6 aromatic rings. The molecule has 0 spiro atoms. The molecule has 2 aromatic heterocycles. The van der Waals surface area contributed by atoms with Crippen molar-refractivity contribution in [2.24, 2.45) is 5.10 Å². The number of ether oxygens (including phenoxy) is 2. The summed E-state index contributed by atoms with van der Waals surface area (Å²) in [5.74, 6) is 1.82. The summed E-state index contributed by atoms with van der Waals surface area (Å²) in [6.45, 7) is 2.68. The lowest BCUT2D eigenvalue weighted by Gasteiger charge is -2.15. The molecule has 0 N–H and O–H groups in total. The Hall–Kier alpha value is -3.25. The van der Waals surface area contributed by atoms with E-state index in [9.17, 15) is 4.79 Å². The Balaban J connectivity index is 1.40. The second kappa shape index (κ2) is 12.8. The molecule has 2 heterocycles. The third kappa shape index (κ3) is 6.35. The number of para-hydroxylation sites is 1. The molecular weight excluding hydrogens is 810 g/mol. The van der Waals surface area contributed by atoms with Gasteiger partial charge in [-0.15, -0.1) is 0 Å². The first-order valence-corrected chi connectivity index (χ1v) is 16.3. The summed E-state index contributed by atoms with van der Waals surface area (Å²) in [4.78, 5) is 18.5. The van der Waals surface area contributed by atoms with Crippen LogP contribution in [0.2, 0.25) is 0 Å². The molecule has 0 atom stereocenters. The fourth-order valence-electron chi connectivity index (χ4n) is 4.46. The lowest BCUT2D eigenvalue weighted by atomic mass is 10.2. The van der Waals surface area contributed by atoms with Gasteiger partial charge in [-0.05, 0) is 83.5 Å². The van der Waals surface area contributed by atoms with E-state index in [2.05, 4.69) is 68.8 Å². The first kappa shape index (κ1) is 29.8. The van der Waals surface area contributed by atoms with Crippen LogP contribution in [0.25, 0.3) is 33.5 Å². The summed E-state index contributed by atoms with van der Waals surface area (Å²) in [7, 11) is 0. The van der Waals surface area contributed by atoms with Crippen LogP contribution in [0.15, 0.2) is 111 Å².